The number of nitrogens with one attached hydrogen (secondary N) is 1. The van der Waals surface area contributed by atoms with Crippen LogP contribution in [0, 0.1) is 13.8 Å². The van der Waals surface area contributed by atoms with Crippen molar-refractivity contribution in [2.24, 2.45) is 0 Å². The van der Waals surface area contributed by atoms with Gasteiger partial charge >= 0.3 is 0 Å². The van der Waals surface area contributed by atoms with Gasteiger partial charge in [0.25, 0.3) is 0 Å². The summed E-state index contributed by atoms with van der Waals surface area (Å²) in [6.45, 7) is 4.69. The van der Waals surface area contributed by atoms with Gasteiger partial charge in [-0.25, -0.2) is 13.4 Å². The lowest BCUT2D eigenvalue weighted by atomic mass is 10.3. The lowest BCUT2D eigenvalue weighted by Crippen LogP contribution is -2.02. The van der Waals surface area contributed by atoms with Gasteiger partial charge in [0.15, 0.2) is 9.84 Å². The van der Waals surface area contributed by atoms with Crippen LogP contribution in [-0.4, -0.2) is 19.7 Å². The van der Waals surface area contributed by atoms with Gasteiger partial charge in [-0.1, -0.05) is 0 Å². The average molecular weight is 296 g/mol. The molecule has 6 heteroatoms. The van der Waals surface area contributed by atoms with Crippen molar-refractivity contribution in [1.82, 2.24) is 4.98 Å². The first-order valence-electron chi connectivity index (χ1n) is 5.83. The molecule has 2 aromatic rings. The summed E-state index contributed by atoms with van der Waals surface area (Å²) in [5, 5.41) is 4.30. The highest BCUT2D eigenvalue weighted by Gasteiger charge is 2.07. The smallest absolute Gasteiger partial charge is 0.175 e. The maximum atomic E-state index is 11.3. The second kappa shape index (κ2) is 5.30. The zero-order chi connectivity index (χ0) is 14.0. The van der Waals surface area contributed by atoms with Crippen LogP contribution in [0.2, 0.25) is 0 Å². The summed E-state index contributed by atoms with van der Waals surface area (Å²) in [5.41, 5.74) is 1.92. The van der Waals surface area contributed by atoms with Crippen LogP contribution in [0.15, 0.2) is 29.2 Å². The zero-order valence-electron chi connectivity index (χ0n) is 11.1. The van der Waals surface area contributed by atoms with Crippen molar-refractivity contribution < 1.29 is 8.42 Å². The molecular formula is C13H16N2O2S2. The molecule has 0 saturated heterocycles. The van der Waals surface area contributed by atoms with Crippen LogP contribution < -0.4 is 5.32 Å². The summed E-state index contributed by atoms with van der Waals surface area (Å²) in [5.74, 6) is 0. The third-order valence-corrected chi connectivity index (χ3v) is 4.80. The number of aromatic nitrogens is 1. The van der Waals surface area contributed by atoms with E-state index in [0.29, 0.717) is 11.4 Å². The molecule has 0 amide bonds. The summed E-state index contributed by atoms with van der Waals surface area (Å²) < 4.78 is 22.7. The van der Waals surface area contributed by atoms with E-state index in [1.54, 1.807) is 35.6 Å². The topological polar surface area (TPSA) is 59.1 Å². The fraction of sp³-hybridized carbons (Fsp3) is 0.308. The predicted octanol–water partition coefficient (Wildman–Crippen LogP) is 2.78. The molecule has 0 fully saturated rings. The van der Waals surface area contributed by atoms with Crippen molar-refractivity contribution in [3.05, 3.63) is 39.8 Å². The van der Waals surface area contributed by atoms with Gasteiger partial charge < -0.3 is 5.32 Å². The molecule has 0 saturated carbocycles. The number of benzene rings is 1. The molecule has 1 heterocycles. The Hall–Kier alpha value is -1.40. The highest BCUT2D eigenvalue weighted by molar-refractivity contribution is 7.90. The van der Waals surface area contributed by atoms with E-state index in [2.05, 4.69) is 17.2 Å². The first-order valence-corrected chi connectivity index (χ1v) is 8.54. The molecule has 0 radical (unpaired) electrons. The van der Waals surface area contributed by atoms with E-state index in [1.165, 1.54) is 11.1 Å². The van der Waals surface area contributed by atoms with Crippen LogP contribution in [0.1, 0.15) is 15.6 Å². The number of aryl methyl sites for hydroxylation is 2. The second-order valence-electron chi connectivity index (χ2n) is 4.39. The summed E-state index contributed by atoms with van der Waals surface area (Å²) in [6, 6.07) is 6.75. The lowest BCUT2D eigenvalue weighted by molar-refractivity contribution is 0.602. The van der Waals surface area contributed by atoms with Crippen LogP contribution in [0.25, 0.3) is 0 Å². The fourth-order valence-electron chi connectivity index (χ4n) is 1.74. The Kier molecular flexibility index (Phi) is 3.91. The number of anilines is 1. The summed E-state index contributed by atoms with van der Waals surface area (Å²) in [6.07, 6.45) is 1.21. The molecule has 102 valence electrons. The van der Waals surface area contributed by atoms with Crippen molar-refractivity contribution >= 4 is 26.9 Å². The largest absolute Gasteiger partial charge is 0.379 e. The van der Waals surface area contributed by atoms with Crippen molar-refractivity contribution in [3.8, 4) is 0 Å². The van der Waals surface area contributed by atoms with E-state index in [-0.39, 0.29) is 0 Å². The van der Waals surface area contributed by atoms with Gasteiger partial charge in [0, 0.05) is 16.8 Å². The van der Waals surface area contributed by atoms with Gasteiger partial charge in [-0.05, 0) is 38.1 Å². The van der Waals surface area contributed by atoms with Gasteiger partial charge in [0.05, 0.1) is 22.1 Å². The Balaban J connectivity index is 2.07. The Bertz CT molecular complexity index is 673. The Morgan fingerprint density at radius 2 is 1.84 bits per heavy atom. The molecule has 0 atom stereocenters. The zero-order valence-corrected chi connectivity index (χ0v) is 12.7. The third-order valence-electron chi connectivity index (χ3n) is 2.74. The molecule has 2 rings (SSSR count). The quantitative estimate of drug-likeness (QED) is 0.942. The molecule has 0 aliphatic heterocycles. The highest BCUT2D eigenvalue weighted by atomic mass is 32.2. The average Bonchev–Trinajstić information content (AvgIpc) is 2.65. The van der Waals surface area contributed by atoms with E-state index >= 15 is 0 Å². The molecule has 4 nitrogen and oxygen atoms in total. The summed E-state index contributed by atoms with van der Waals surface area (Å²) >= 11 is 1.68. The van der Waals surface area contributed by atoms with E-state index < -0.39 is 9.84 Å². The molecular weight excluding hydrogens is 280 g/mol. The number of rotatable bonds is 4. The van der Waals surface area contributed by atoms with Gasteiger partial charge in [0.1, 0.15) is 0 Å². The van der Waals surface area contributed by atoms with Crippen molar-refractivity contribution in [2.45, 2.75) is 25.3 Å². The fourth-order valence-corrected chi connectivity index (χ4v) is 3.21. The van der Waals surface area contributed by atoms with Crippen LogP contribution in [0.5, 0.6) is 0 Å². The minimum Gasteiger partial charge on any atom is -0.379 e. The number of nitrogens with zero attached hydrogens (tertiary/aromatic N) is 1. The predicted molar refractivity (Wildman–Crippen MR) is 78.5 cm³/mol. The van der Waals surface area contributed by atoms with Crippen LogP contribution in [0.4, 0.5) is 5.69 Å². The van der Waals surface area contributed by atoms with E-state index in [9.17, 15) is 8.42 Å². The molecule has 1 N–H and O–H groups in total. The Morgan fingerprint density at radius 3 is 2.32 bits per heavy atom. The standard InChI is InChI=1S/C13H16N2O2S2/c1-9-13(15-10(2)18-9)8-14-11-4-6-12(7-5-11)19(3,16)17/h4-7,14H,8H2,1-3H3. The molecule has 1 aromatic heterocycles. The van der Waals surface area contributed by atoms with E-state index in [4.69, 9.17) is 0 Å². The van der Waals surface area contributed by atoms with Crippen LogP contribution in [0.3, 0.4) is 0 Å². The molecule has 0 unspecified atom stereocenters. The van der Waals surface area contributed by atoms with Gasteiger partial charge in [-0.15, -0.1) is 11.3 Å². The number of hydrogen-bond acceptors (Lipinski definition) is 5. The molecule has 0 spiro atoms. The van der Waals surface area contributed by atoms with Crippen molar-refractivity contribution in [3.63, 3.8) is 0 Å². The van der Waals surface area contributed by atoms with Crippen LogP contribution >= 0.6 is 11.3 Å². The SMILES string of the molecule is Cc1nc(CNc2ccc(S(C)(=O)=O)cc2)c(C)s1. The second-order valence-corrected chi connectivity index (χ2v) is 7.81. The summed E-state index contributed by atoms with van der Waals surface area (Å²) in [7, 11) is -3.13. The molecule has 0 bridgehead atoms. The minimum absolute atomic E-state index is 0.332. The van der Waals surface area contributed by atoms with Gasteiger partial charge in [-0.3, -0.25) is 0 Å². The maximum Gasteiger partial charge on any atom is 0.175 e. The Morgan fingerprint density at radius 1 is 1.21 bits per heavy atom. The lowest BCUT2D eigenvalue weighted by Gasteiger charge is -2.06. The first-order chi connectivity index (χ1) is 8.86. The highest BCUT2D eigenvalue weighted by Crippen LogP contribution is 2.19. The van der Waals surface area contributed by atoms with Gasteiger partial charge in [-0.2, -0.15) is 0 Å². The molecule has 0 aliphatic rings. The number of sulfone groups is 1. The maximum absolute atomic E-state index is 11.3. The van der Waals surface area contributed by atoms with Crippen LogP contribution in [-0.2, 0) is 16.4 Å². The molecule has 0 aliphatic carbocycles. The normalized spacial score (nSPS) is 11.5. The summed E-state index contributed by atoms with van der Waals surface area (Å²) in [4.78, 5) is 5.98. The molecule has 1 aromatic carbocycles. The monoisotopic (exact) mass is 296 g/mol. The molecule has 19 heavy (non-hydrogen) atoms. The number of hydrogen-bond donors (Lipinski definition) is 1. The van der Waals surface area contributed by atoms with Crippen molar-refractivity contribution in [1.29, 1.82) is 0 Å². The van der Waals surface area contributed by atoms with E-state index in [1.807, 2.05) is 6.92 Å². The minimum atomic E-state index is -3.13. The van der Waals surface area contributed by atoms with Crippen molar-refractivity contribution in [2.75, 3.05) is 11.6 Å². The number of thiazole rings is 1. The van der Waals surface area contributed by atoms with E-state index in [0.717, 1.165) is 16.4 Å². The Labute approximate surface area is 117 Å². The first kappa shape index (κ1) is 14.0. The van der Waals surface area contributed by atoms with Gasteiger partial charge in [0.2, 0.25) is 0 Å². The third kappa shape index (κ3) is 3.54.